The summed E-state index contributed by atoms with van der Waals surface area (Å²) in [6.45, 7) is 0. The first kappa shape index (κ1) is 16.2. The number of halogens is 3. The molecule has 0 saturated carbocycles. The summed E-state index contributed by atoms with van der Waals surface area (Å²) in [7, 11) is 0. The smallest absolute Gasteiger partial charge is 0.465 e. The number of benzene rings is 2. The molecule has 2 N–H and O–H groups in total. The Morgan fingerprint density at radius 1 is 1.21 bits per heavy atom. The fraction of sp³-hybridized carbons (Fsp3) is 0.235. The number of carboxylic acid groups (broad SMARTS) is 1. The van der Waals surface area contributed by atoms with Crippen LogP contribution in [0.4, 0.5) is 18.0 Å². The average Bonchev–Trinajstić information content (AvgIpc) is 2.88. The first-order chi connectivity index (χ1) is 11.3. The zero-order valence-electron chi connectivity index (χ0n) is 12.4. The lowest BCUT2D eigenvalue weighted by Crippen LogP contribution is -2.24. The molecule has 4 nitrogen and oxygen atoms in total. The van der Waals surface area contributed by atoms with Crippen LogP contribution < -0.4 is 10.1 Å². The SMILES string of the molecule is O=C(O)NC1CCc2cc(-c3ccccc3OC(F)(F)F)ccc21. The predicted octanol–water partition coefficient (Wildman–Crippen LogP) is 4.51. The number of carbonyl (C=O) groups is 1. The van der Waals surface area contributed by atoms with E-state index in [0.717, 1.165) is 11.1 Å². The highest BCUT2D eigenvalue weighted by Crippen LogP contribution is 2.38. The Bertz CT molecular complexity index is 774. The zero-order valence-corrected chi connectivity index (χ0v) is 12.4. The standard InChI is InChI=1S/C17H14F3NO3/c18-17(19,20)24-15-4-2-1-3-13(15)11-5-7-12-10(9-11)6-8-14(12)21-16(22)23/h1-5,7,9,14,21H,6,8H2,(H,22,23). The van der Waals surface area contributed by atoms with Gasteiger partial charge >= 0.3 is 12.5 Å². The van der Waals surface area contributed by atoms with Gasteiger partial charge in [-0.25, -0.2) is 4.79 Å². The van der Waals surface area contributed by atoms with E-state index in [4.69, 9.17) is 5.11 Å². The second-order valence-electron chi connectivity index (χ2n) is 5.50. The van der Waals surface area contributed by atoms with Crippen LogP contribution in [-0.4, -0.2) is 17.6 Å². The van der Waals surface area contributed by atoms with Gasteiger partial charge in [0, 0.05) is 5.56 Å². The van der Waals surface area contributed by atoms with E-state index in [-0.39, 0.29) is 11.8 Å². The number of alkyl halides is 3. The molecule has 1 unspecified atom stereocenters. The van der Waals surface area contributed by atoms with Crippen molar-refractivity contribution in [3.8, 4) is 16.9 Å². The first-order valence-electron chi connectivity index (χ1n) is 7.31. The molecule has 24 heavy (non-hydrogen) atoms. The van der Waals surface area contributed by atoms with Crippen molar-refractivity contribution in [3.63, 3.8) is 0 Å². The molecule has 126 valence electrons. The molecule has 0 heterocycles. The van der Waals surface area contributed by atoms with Crippen molar-refractivity contribution < 1.29 is 27.8 Å². The van der Waals surface area contributed by atoms with E-state index in [1.807, 2.05) is 0 Å². The van der Waals surface area contributed by atoms with Crippen LogP contribution in [0.5, 0.6) is 5.75 Å². The van der Waals surface area contributed by atoms with Crippen molar-refractivity contribution in [1.29, 1.82) is 0 Å². The van der Waals surface area contributed by atoms with Gasteiger partial charge < -0.3 is 15.2 Å². The van der Waals surface area contributed by atoms with E-state index < -0.39 is 12.5 Å². The molecule has 2 aromatic rings. The molecule has 2 aromatic carbocycles. The first-order valence-corrected chi connectivity index (χ1v) is 7.31. The quantitative estimate of drug-likeness (QED) is 0.866. The van der Waals surface area contributed by atoms with Crippen molar-refractivity contribution in [2.75, 3.05) is 0 Å². The summed E-state index contributed by atoms with van der Waals surface area (Å²) < 4.78 is 41.7. The molecule has 1 amide bonds. The van der Waals surface area contributed by atoms with Crippen molar-refractivity contribution >= 4 is 6.09 Å². The normalized spacial score (nSPS) is 16.5. The number of rotatable bonds is 3. The van der Waals surface area contributed by atoms with Crippen molar-refractivity contribution in [3.05, 3.63) is 53.6 Å². The van der Waals surface area contributed by atoms with Crippen LogP contribution in [0.2, 0.25) is 0 Å². The van der Waals surface area contributed by atoms with Gasteiger partial charge in [-0.2, -0.15) is 0 Å². The predicted molar refractivity (Wildman–Crippen MR) is 80.8 cm³/mol. The largest absolute Gasteiger partial charge is 0.573 e. The Morgan fingerprint density at radius 3 is 2.67 bits per heavy atom. The summed E-state index contributed by atoms with van der Waals surface area (Å²) in [5, 5.41) is 11.3. The summed E-state index contributed by atoms with van der Waals surface area (Å²) in [6, 6.07) is 10.9. The maximum Gasteiger partial charge on any atom is 0.573 e. The Kier molecular flexibility index (Phi) is 4.09. The van der Waals surface area contributed by atoms with Gasteiger partial charge in [0.2, 0.25) is 0 Å². The van der Waals surface area contributed by atoms with Gasteiger partial charge in [-0.15, -0.1) is 13.2 Å². The van der Waals surface area contributed by atoms with Crippen LogP contribution in [0, 0.1) is 0 Å². The second kappa shape index (κ2) is 6.07. The number of ether oxygens (including phenoxy) is 1. The Labute approximate surface area is 135 Å². The van der Waals surface area contributed by atoms with Gasteiger partial charge in [0.25, 0.3) is 0 Å². The number of para-hydroxylation sites is 1. The monoisotopic (exact) mass is 337 g/mol. The van der Waals surface area contributed by atoms with Crippen LogP contribution in [0.15, 0.2) is 42.5 Å². The number of hydrogen-bond acceptors (Lipinski definition) is 2. The minimum atomic E-state index is -4.76. The van der Waals surface area contributed by atoms with Crippen molar-refractivity contribution in [2.45, 2.75) is 25.2 Å². The Hall–Kier alpha value is -2.70. The molecule has 3 rings (SSSR count). The van der Waals surface area contributed by atoms with Crippen LogP contribution in [0.1, 0.15) is 23.6 Å². The number of hydrogen-bond donors (Lipinski definition) is 2. The molecule has 0 fully saturated rings. The summed E-state index contributed by atoms with van der Waals surface area (Å²) in [5.41, 5.74) is 2.72. The number of fused-ring (bicyclic) bond motifs is 1. The molecule has 0 aliphatic heterocycles. The third-order valence-electron chi connectivity index (χ3n) is 3.94. The molecule has 0 bridgehead atoms. The van der Waals surface area contributed by atoms with Gasteiger partial charge in [-0.3, -0.25) is 0 Å². The van der Waals surface area contributed by atoms with Crippen LogP contribution in [0.25, 0.3) is 11.1 Å². The fourth-order valence-electron chi connectivity index (χ4n) is 3.00. The molecule has 1 atom stereocenters. The number of aryl methyl sites for hydroxylation is 1. The van der Waals surface area contributed by atoms with Gasteiger partial charge in [0.05, 0.1) is 6.04 Å². The van der Waals surface area contributed by atoms with E-state index in [9.17, 15) is 18.0 Å². The lowest BCUT2D eigenvalue weighted by Gasteiger charge is -2.15. The highest BCUT2D eigenvalue weighted by molar-refractivity contribution is 5.72. The van der Waals surface area contributed by atoms with Crippen molar-refractivity contribution in [1.82, 2.24) is 5.32 Å². The van der Waals surface area contributed by atoms with E-state index in [1.165, 1.54) is 12.1 Å². The number of nitrogens with one attached hydrogen (secondary N) is 1. The van der Waals surface area contributed by atoms with Gasteiger partial charge in [-0.1, -0.05) is 36.4 Å². The molecule has 7 heteroatoms. The zero-order chi connectivity index (χ0) is 17.3. The van der Waals surface area contributed by atoms with E-state index in [1.54, 1.807) is 30.3 Å². The topological polar surface area (TPSA) is 58.6 Å². The lowest BCUT2D eigenvalue weighted by molar-refractivity contribution is -0.274. The molecule has 1 aliphatic carbocycles. The van der Waals surface area contributed by atoms with E-state index in [0.29, 0.717) is 24.0 Å². The second-order valence-corrected chi connectivity index (χ2v) is 5.50. The summed E-state index contributed by atoms with van der Waals surface area (Å²) >= 11 is 0. The summed E-state index contributed by atoms with van der Waals surface area (Å²) in [4.78, 5) is 10.8. The van der Waals surface area contributed by atoms with Gasteiger partial charge in [0.15, 0.2) is 0 Å². The molecule has 0 aromatic heterocycles. The summed E-state index contributed by atoms with van der Waals surface area (Å²) in [6.07, 6.45) is -4.56. The Balaban J connectivity index is 1.94. The molecule has 0 spiro atoms. The highest BCUT2D eigenvalue weighted by atomic mass is 19.4. The minimum absolute atomic E-state index is 0.261. The third-order valence-corrected chi connectivity index (χ3v) is 3.94. The van der Waals surface area contributed by atoms with Gasteiger partial charge in [-0.05, 0) is 35.6 Å². The van der Waals surface area contributed by atoms with Crippen LogP contribution >= 0.6 is 0 Å². The number of amides is 1. The molecule has 0 saturated heterocycles. The van der Waals surface area contributed by atoms with E-state index in [2.05, 4.69) is 10.1 Å². The maximum atomic E-state index is 12.5. The molecule has 1 aliphatic rings. The maximum absolute atomic E-state index is 12.5. The average molecular weight is 337 g/mol. The van der Waals surface area contributed by atoms with Gasteiger partial charge in [0.1, 0.15) is 5.75 Å². The highest BCUT2D eigenvalue weighted by Gasteiger charge is 2.32. The Morgan fingerprint density at radius 2 is 1.96 bits per heavy atom. The van der Waals surface area contributed by atoms with Crippen molar-refractivity contribution in [2.24, 2.45) is 0 Å². The lowest BCUT2D eigenvalue weighted by atomic mass is 9.99. The third kappa shape index (κ3) is 3.45. The molecular weight excluding hydrogens is 323 g/mol. The minimum Gasteiger partial charge on any atom is -0.465 e. The molecule has 0 radical (unpaired) electrons. The van der Waals surface area contributed by atoms with Crippen LogP contribution in [-0.2, 0) is 6.42 Å². The summed E-state index contributed by atoms with van der Waals surface area (Å²) in [5.74, 6) is -0.261. The fourth-order valence-corrected chi connectivity index (χ4v) is 3.00. The van der Waals surface area contributed by atoms with Crippen LogP contribution in [0.3, 0.4) is 0 Å². The molecular formula is C17H14F3NO3. The van der Waals surface area contributed by atoms with E-state index >= 15 is 0 Å².